The molecule has 0 aromatic carbocycles. The van der Waals surface area contributed by atoms with Crippen molar-refractivity contribution >= 4 is 68.8 Å². The van der Waals surface area contributed by atoms with Crippen molar-refractivity contribution in [3.05, 3.63) is 29.4 Å². The minimum absolute atomic E-state index is 0.00810. The Hall–Kier alpha value is -3.05. The van der Waals surface area contributed by atoms with E-state index >= 15 is 4.39 Å². The van der Waals surface area contributed by atoms with Gasteiger partial charge in [-0.15, -0.1) is 11.3 Å². The third kappa shape index (κ3) is 11.2. The predicted molar refractivity (Wildman–Crippen MR) is 240 cm³/mol. The number of likely N-dealkylation sites (N-methyl/N-ethyl adjacent to an activating group) is 1. The van der Waals surface area contributed by atoms with Gasteiger partial charge in [-0.2, -0.15) is 0 Å². The average molecular weight is 1000 g/mol. The van der Waals surface area contributed by atoms with Gasteiger partial charge in [0.15, 0.2) is 22.8 Å². The van der Waals surface area contributed by atoms with Gasteiger partial charge in [0.25, 0.3) is 5.67 Å². The molecule has 2 aromatic rings. The fraction of sp³-hybridized carbons (Fsp3) is 0.698. The zero-order valence-electron chi connectivity index (χ0n) is 37.2. The van der Waals surface area contributed by atoms with Gasteiger partial charge in [-0.05, 0) is 114 Å². The Morgan fingerprint density at radius 2 is 1.87 bits per heavy atom. The van der Waals surface area contributed by atoms with Crippen LogP contribution in [0.5, 0.6) is 0 Å². The molecule has 0 saturated carbocycles. The number of aliphatic hydroxyl groups is 2. The Labute approximate surface area is 380 Å². The molecule has 3 fully saturated rings. The Morgan fingerprint density at radius 3 is 2.48 bits per heavy atom. The first-order chi connectivity index (χ1) is 29.0. The van der Waals surface area contributed by atoms with Crippen molar-refractivity contribution in [3.63, 3.8) is 0 Å². The number of fused-ring (bicyclic) bond motifs is 5. The highest BCUT2D eigenvalue weighted by molar-refractivity contribution is 14.1. The predicted octanol–water partition coefficient (Wildman–Crippen LogP) is 5.70. The Morgan fingerprint density at radius 1 is 1.16 bits per heavy atom. The smallest absolute Gasteiger partial charge is 0.352 e. The molecular weight excluding hydrogens is 938 g/mol. The van der Waals surface area contributed by atoms with Gasteiger partial charge in [-0.3, -0.25) is 14.6 Å². The van der Waals surface area contributed by atoms with Crippen molar-refractivity contribution in [3.8, 4) is 10.6 Å². The van der Waals surface area contributed by atoms with Crippen LogP contribution in [0.4, 0.5) is 10.2 Å². The van der Waals surface area contributed by atoms with Gasteiger partial charge in [0, 0.05) is 47.2 Å². The van der Waals surface area contributed by atoms with E-state index in [1.54, 1.807) is 54.1 Å². The monoisotopic (exact) mass is 1000 g/mol. The number of hydrogen-bond acceptors (Lipinski definition) is 16. The lowest BCUT2D eigenvalue weighted by molar-refractivity contribution is -0.296. The van der Waals surface area contributed by atoms with E-state index < -0.39 is 80.9 Å². The summed E-state index contributed by atoms with van der Waals surface area (Å²) in [6.45, 7) is 12.5. The number of esters is 1. The van der Waals surface area contributed by atoms with Gasteiger partial charge in [0.2, 0.25) is 5.91 Å². The molecule has 0 radical (unpaired) electrons. The van der Waals surface area contributed by atoms with Crippen LogP contribution in [0.15, 0.2) is 33.9 Å². The molecule has 3 aliphatic heterocycles. The van der Waals surface area contributed by atoms with Gasteiger partial charge < -0.3 is 44.6 Å². The first-order valence-electron chi connectivity index (χ1n) is 21.0. The maximum Gasteiger partial charge on any atom is 0.352 e. The molecule has 1 amide bonds. The summed E-state index contributed by atoms with van der Waals surface area (Å²) in [7, 11) is 3.65. The van der Waals surface area contributed by atoms with Crippen molar-refractivity contribution in [2.24, 2.45) is 33.8 Å². The quantitative estimate of drug-likeness (QED) is 0.0951. The summed E-state index contributed by atoms with van der Waals surface area (Å²) in [5.74, 6) is -5.96. The SMILES string of the molecule is CCC(=O)/N=C1\[C@H](C)C[C@@]2(C)OC/C(=N/OCc3ccc(-c4nc(N)cs4)cn3)CC[C@H]([C@H]1C)C(C)(O)[C@@H](I)OC(=O)[C@@](C)(F)C(=O)[C@H](C)[C@H]2O[C@@H]1O[C@H](C)C[C@H](N(C)C)[C@H]1O. The number of anilines is 1. The number of pyridine rings is 1. The van der Waals surface area contributed by atoms with E-state index in [0.717, 1.165) is 17.5 Å². The summed E-state index contributed by atoms with van der Waals surface area (Å²) in [5.41, 5.74) is 1.46. The average Bonchev–Trinajstić information content (AvgIpc) is 3.65. The van der Waals surface area contributed by atoms with E-state index in [9.17, 15) is 24.6 Å². The first-order valence-corrected chi connectivity index (χ1v) is 23.2. The standard InChI is InChI=1S/C43H62FIN6O10S/c1-11-32(52)49-33-22(2)17-41(6)36(60-38-34(53)30(51(9)10)16-23(3)59-38)25(5)35(54)42(7,44)40(55)61-39(45)43(8,56)29(24(33)4)15-14-28(19-57-41)50-58-20-27-13-12-26(18-47-27)37-48-31(46)21-62-37/h12-13,18,21-25,29-30,34,36,38-39,53,56H,11,14-17,19-20,46H2,1-10H3/b49-33+,50-28+/t22-,23-,24-,25+,29-,30+,34-,36-,38+,39+,41-,42+,43?/m1/s1. The van der Waals surface area contributed by atoms with Crippen LogP contribution in [0, 0.1) is 23.7 Å². The number of rotatable bonds is 8. The zero-order valence-corrected chi connectivity index (χ0v) is 40.1. The number of oxime groups is 1. The number of nitrogen functional groups attached to an aromatic ring is 1. The number of carbonyl (C=O) groups is 3. The number of ether oxygens (including phenoxy) is 4. The largest absolute Gasteiger partial charge is 0.446 e. The van der Waals surface area contributed by atoms with Crippen LogP contribution < -0.4 is 5.73 Å². The summed E-state index contributed by atoms with van der Waals surface area (Å²) in [6, 6.07) is 3.25. The molecule has 13 atom stereocenters. The number of halogens is 2. The minimum Gasteiger partial charge on any atom is -0.446 e. The highest BCUT2D eigenvalue weighted by Crippen LogP contribution is 2.43. The van der Waals surface area contributed by atoms with Crippen molar-refractivity contribution in [2.75, 3.05) is 26.4 Å². The number of aromatic nitrogens is 2. The lowest BCUT2D eigenvalue weighted by Crippen LogP contribution is -2.61. The Bertz CT molecular complexity index is 1970. The van der Waals surface area contributed by atoms with Crippen LogP contribution in [0.1, 0.15) is 93.2 Å². The van der Waals surface area contributed by atoms with Crippen LogP contribution in [0.3, 0.4) is 0 Å². The molecule has 62 heavy (non-hydrogen) atoms. The summed E-state index contributed by atoms with van der Waals surface area (Å²) in [6.07, 6.45) is -1.53. The molecule has 4 N–H and O–H groups in total. The second-order valence-corrected chi connectivity index (χ2v) is 19.7. The van der Waals surface area contributed by atoms with Crippen LogP contribution in [0.2, 0.25) is 0 Å². The lowest BCUT2D eigenvalue weighted by Gasteiger charge is -2.47. The fourth-order valence-corrected chi connectivity index (χ4v) is 10.2. The number of hydrogen-bond donors (Lipinski definition) is 3. The molecule has 3 aliphatic rings. The molecule has 16 nitrogen and oxygen atoms in total. The number of cyclic esters (lactones) is 1. The van der Waals surface area contributed by atoms with Gasteiger partial charge in [-0.1, -0.05) is 32.9 Å². The van der Waals surface area contributed by atoms with E-state index in [-0.39, 0.29) is 50.9 Å². The van der Waals surface area contributed by atoms with E-state index in [1.807, 2.05) is 45.8 Å². The topological polar surface area (TPSA) is 218 Å². The Balaban J connectivity index is 1.64. The number of aliphatic imine (C=N–C) groups is 1. The van der Waals surface area contributed by atoms with Gasteiger partial charge >= 0.3 is 5.97 Å². The molecule has 5 heterocycles. The van der Waals surface area contributed by atoms with Gasteiger partial charge in [0.05, 0.1) is 35.8 Å². The number of amides is 1. The normalized spacial score (nSPS) is 38.0. The number of Topliss-reactive ketones (excluding diaryl/α,β-unsaturated/α-hetero) is 1. The maximum atomic E-state index is 16.8. The first kappa shape index (κ1) is 50.0. The number of thiazole rings is 1. The number of aliphatic hydroxyl groups excluding tert-OH is 1. The second-order valence-electron chi connectivity index (χ2n) is 17.7. The van der Waals surface area contributed by atoms with Gasteiger partial charge in [0.1, 0.15) is 22.5 Å². The number of carbonyl (C=O) groups excluding carboxylic acids is 3. The molecule has 3 saturated heterocycles. The van der Waals surface area contributed by atoms with Crippen LogP contribution in [-0.2, 0) is 44.8 Å². The van der Waals surface area contributed by atoms with Crippen molar-refractivity contribution in [2.45, 2.75) is 146 Å². The molecule has 0 aliphatic carbocycles. The van der Waals surface area contributed by atoms with Gasteiger partial charge in [-0.25, -0.2) is 19.2 Å². The Kier molecular flexibility index (Phi) is 16.4. The summed E-state index contributed by atoms with van der Waals surface area (Å²) in [4.78, 5) is 62.6. The number of nitrogens with zero attached hydrogens (tertiary/aromatic N) is 5. The van der Waals surface area contributed by atoms with Crippen molar-refractivity contribution in [1.82, 2.24) is 14.9 Å². The van der Waals surface area contributed by atoms with E-state index in [4.69, 9.17) is 29.5 Å². The summed E-state index contributed by atoms with van der Waals surface area (Å²) in [5, 5.41) is 31.0. The highest BCUT2D eigenvalue weighted by atomic mass is 127. The van der Waals surface area contributed by atoms with Crippen LogP contribution in [-0.4, -0.2) is 126 Å². The molecule has 2 bridgehead atoms. The van der Waals surface area contributed by atoms with Crippen LogP contribution in [0.25, 0.3) is 10.6 Å². The van der Waals surface area contributed by atoms with E-state index in [1.165, 1.54) is 25.2 Å². The number of alkyl halides is 2. The van der Waals surface area contributed by atoms with E-state index in [0.29, 0.717) is 29.4 Å². The minimum atomic E-state index is -3.19. The molecule has 344 valence electrons. The fourth-order valence-electron chi connectivity index (χ4n) is 8.82. The summed E-state index contributed by atoms with van der Waals surface area (Å²) >= 11 is 3.15. The molecule has 19 heteroatoms. The molecule has 1 unspecified atom stereocenters. The molecular formula is C43H62FIN6O10S. The second kappa shape index (κ2) is 20.4. The van der Waals surface area contributed by atoms with Crippen LogP contribution >= 0.6 is 33.9 Å². The van der Waals surface area contributed by atoms with Crippen molar-refractivity contribution in [1.29, 1.82) is 0 Å². The van der Waals surface area contributed by atoms with Crippen molar-refractivity contribution < 1.29 is 52.8 Å². The molecule has 0 spiro atoms. The zero-order chi connectivity index (χ0) is 45.9. The molecule has 2 aromatic heterocycles. The molecule has 5 rings (SSSR count). The van der Waals surface area contributed by atoms with E-state index in [2.05, 4.69) is 20.1 Å². The third-order valence-electron chi connectivity index (χ3n) is 12.4. The highest BCUT2D eigenvalue weighted by Gasteiger charge is 2.56. The lowest BCUT2D eigenvalue weighted by atomic mass is 9.70. The third-order valence-corrected chi connectivity index (χ3v) is 14.9. The number of nitrogens with two attached hydrogens (primary N) is 1. The summed E-state index contributed by atoms with van der Waals surface area (Å²) < 4.78 is 40.9. The number of ketones is 1. The maximum absolute atomic E-state index is 16.8.